The highest BCUT2D eigenvalue weighted by Crippen LogP contribution is 2.21. The van der Waals surface area contributed by atoms with E-state index in [1.165, 1.54) is 11.8 Å². The molecule has 138 valence electrons. The first-order valence-electron chi connectivity index (χ1n) is 7.97. The second kappa shape index (κ2) is 8.70. The van der Waals surface area contributed by atoms with Gasteiger partial charge in [-0.05, 0) is 35.9 Å². The highest BCUT2D eigenvalue weighted by Gasteiger charge is 2.11. The van der Waals surface area contributed by atoms with Crippen LogP contribution in [0.15, 0.2) is 60.0 Å². The smallest absolute Gasteiger partial charge is 0.248 e. The van der Waals surface area contributed by atoms with Crippen LogP contribution in [0.5, 0.6) is 0 Å². The van der Waals surface area contributed by atoms with Crippen molar-refractivity contribution in [1.82, 2.24) is 20.1 Å². The molecule has 0 radical (unpaired) electrons. The Balaban J connectivity index is 1.57. The lowest BCUT2D eigenvalue weighted by atomic mass is 10.1. The van der Waals surface area contributed by atoms with Gasteiger partial charge < -0.3 is 11.1 Å². The van der Waals surface area contributed by atoms with Crippen LogP contribution in [-0.2, 0) is 11.3 Å². The molecule has 1 heterocycles. The van der Waals surface area contributed by atoms with E-state index in [9.17, 15) is 9.59 Å². The summed E-state index contributed by atoms with van der Waals surface area (Å²) in [7, 11) is 0. The van der Waals surface area contributed by atoms with Crippen LogP contribution in [0.4, 0.5) is 0 Å². The van der Waals surface area contributed by atoms with E-state index >= 15 is 0 Å². The molecule has 0 fully saturated rings. The Morgan fingerprint density at radius 1 is 1.19 bits per heavy atom. The number of amides is 2. The van der Waals surface area contributed by atoms with Crippen LogP contribution in [0.1, 0.15) is 15.9 Å². The van der Waals surface area contributed by atoms with Crippen LogP contribution in [0.2, 0.25) is 5.02 Å². The van der Waals surface area contributed by atoms with Gasteiger partial charge in [0.1, 0.15) is 6.33 Å². The molecule has 7 nitrogen and oxygen atoms in total. The predicted octanol–water partition coefficient (Wildman–Crippen LogP) is 2.43. The molecule has 0 atom stereocenters. The zero-order valence-corrected chi connectivity index (χ0v) is 15.7. The standard InChI is InChI=1S/C18H16ClN5O2S/c19-14-5-2-6-15(8-14)24-11-22-23-18(24)27-10-16(25)21-9-12-3-1-4-13(7-12)17(20)26/h1-8,11H,9-10H2,(H2,20,26)(H,21,25). The number of halogens is 1. The first-order chi connectivity index (χ1) is 13.0. The monoisotopic (exact) mass is 401 g/mol. The zero-order chi connectivity index (χ0) is 19.2. The Morgan fingerprint density at radius 3 is 2.78 bits per heavy atom. The van der Waals surface area contributed by atoms with Crippen LogP contribution in [-0.4, -0.2) is 32.3 Å². The van der Waals surface area contributed by atoms with Crippen LogP contribution < -0.4 is 11.1 Å². The Morgan fingerprint density at radius 2 is 2.00 bits per heavy atom. The highest BCUT2D eigenvalue weighted by molar-refractivity contribution is 7.99. The van der Waals surface area contributed by atoms with Gasteiger partial charge in [0.05, 0.1) is 11.4 Å². The molecule has 27 heavy (non-hydrogen) atoms. The van der Waals surface area contributed by atoms with Crippen molar-refractivity contribution < 1.29 is 9.59 Å². The fourth-order valence-electron chi connectivity index (χ4n) is 2.34. The summed E-state index contributed by atoms with van der Waals surface area (Å²) in [5.74, 6) is -0.487. The molecule has 0 saturated carbocycles. The van der Waals surface area contributed by atoms with Gasteiger partial charge in [-0.3, -0.25) is 14.2 Å². The molecule has 3 N–H and O–H groups in total. The van der Waals surface area contributed by atoms with Crippen molar-refractivity contribution in [1.29, 1.82) is 0 Å². The third-order valence-electron chi connectivity index (χ3n) is 3.64. The Hall–Kier alpha value is -2.84. The minimum atomic E-state index is -0.501. The molecule has 3 rings (SSSR count). The number of nitrogens with two attached hydrogens (primary N) is 1. The molecule has 9 heteroatoms. The molecule has 0 unspecified atom stereocenters. The average Bonchev–Trinajstić information content (AvgIpc) is 3.13. The molecule has 1 aromatic heterocycles. The third kappa shape index (κ3) is 5.08. The van der Waals surface area contributed by atoms with Crippen molar-refractivity contribution in [3.05, 3.63) is 71.0 Å². The lowest BCUT2D eigenvalue weighted by Gasteiger charge is -2.08. The number of thioether (sulfide) groups is 1. The van der Waals surface area contributed by atoms with Gasteiger partial charge in [0.2, 0.25) is 11.8 Å². The van der Waals surface area contributed by atoms with Gasteiger partial charge in [0, 0.05) is 17.1 Å². The maximum Gasteiger partial charge on any atom is 0.248 e. The fraction of sp³-hybridized carbons (Fsp3) is 0.111. The van der Waals surface area contributed by atoms with Crippen molar-refractivity contribution in [2.24, 2.45) is 5.73 Å². The molecular formula is C18H16ClN5O2S. The van der Waals surface area contributed by atoms with E-state index in [0.29, 0.717) is 22.3 Å². The summed E-state index contributed by atoms with van der Waals surface area (Å²) in [6.45, 7) is 0.307. The number of rotatable bonds is 7. The van der Waals surface area contributed by atoms with E-state index in [1.54, 1.807) is 41.2 Å². The predicted molar refractivity (Wildman–Crippen MR) is 104 cm³/mol. The van der Waals surface area contributed by atoms with Gasteiger partial charge in [0.15, 0.2) is 5.16 Å². The summed E-state index contributed by atoms with van der Waals surface area (Å²) >= 11 is 7.28. The van der Waals surface area contributed by atoms with Crippen molar-refractivity contribution >= 4 is 35.2 Å². The topological polar surface area (TPSA) is 103 Å². The summed E-state index contributed by atoms with van der Waals surface area (Å²) in [5, 5.41) is 11.9. The number of benzene rings is 2. The number of primary amides is 1. The molecule has 0 aliphatic carbocycles. The Bertz CT molecular complexity index is 976. The van der Waals surface area contributed by atoms with E-state index < -0.39 is 5.91 Å². The SMILES string of the molecule is NC(=O)c1cccc(CNC(=O)CSc2nncn2-c2cccc(Cl)c2)c1. The lowest BCUT2D eigenvalue weighted by Crippen LogP contribution is -2.25. The van der Waals surface area contributed by atoms with Crippen molar-refractivity contribution in [2.45, 2.75) is 11.7 Å². The molecular weight excluding hydrogens is 386 g/mol. The maximum atomic E-state index is 12.1. The molecule has 0 saturated heterocycles. The van der Waals surface area contributed by atoms with Gasteiger partial charge in [-0.15, -0.1) is 10.2 Å². The molecule has 0 aliphatic rings. The van der Waals surface area contributed by atoms with Gasteiger partial charge in [-0.1, -0.05) is 41.6 Å². The van der Waals surface area contributed by atoms with Gasteiger partial charge in [0.25, 0.3) is 0 Å². The lowest BCUT2D eigenvalue weighted by molar-refractivity contribution is -0.118. The second-order valence-corrected chi connectivity index (χ2v) is 6.97. The molecule has 0 spiro atoms. The van der Waals surface area contributed by atoms with Gasteiger partial charge in [-0.2, -0.15) is 0 Å². The molecule has 2 aromatic carbocycles. The van der Waals surface area contributed by atoms with E-state index in [4.69, 9.17) is 17.3 Å². The van der Waals surface area contributed by atoms with E-state index in [-0.39, 0.29) is 11.7 Å². The van der Waals surface area contributed by atoms with Crippen molar-refractivity contribution in [2.75, 3.05) is 5.75 Å². The van der Waals surface area contributed by atoms with Gasteiger partial charge >= 0.3 is 0 Å². The number of hydrogen-bond acceptors (Lipinski definition) is 5. The summed E-state index contributed by atoms with van der Waals surface area (Å²) in [5.41, 5.74) is 7.28. The summed E-state index contributed by atoms with van der Waals surface area (Å²) in [6.07, 6.45) is 1.57. The Labute approximate surface area is 164 Å². The van der Waals surface area contributed by atoms with Crippen LogP contribution in [0, 0.1) is 0 Å². The fourth-order valence-corrected chi connectivity index (χ4v) is 3.29. The highest BCUT2D eigenvalue weighted by atomic mass is 35.5. The molecule has 0 aliphatic heterocycles. The number of aromatic nitrogens is 3. The minimum Gasteiger partial charge on any atom is -0.366 e. The summed E-state index contributed by atoms with van der Waals surface area (Å²) in [4.78, 5) is 23.3. The first-order valence-corrected chi connectivity index (χ1v) is 9.33. The van der Waals surface area contributed by atoms with Crippen LogP contribution >= 0.6 is 23.4 Å². The summed E-state index contributed by atoms with van der Waals surface area (Å²) in [6, 6.07) is 14.1. The quantitative estimate of drug-likeness (QED) is 0.592. The minimum absolute atomic E-state index is 0.162. The molecule has 2 amide bonds. The van der Waals surface area contributed by atoms with E-state index in [0.717, 1.165) is 11.3 Å². The normalized spacial score (nSPS) is 10.6. The summed E-state index contributed by atoms with van der Waals surface area (Å²) < 4.78 is 1.76. The number of nitrogens with zero attached hydrogens (tertiary/aromatic N) is 3. The zero-order valence-electron chi connectivity index (χ0n) is 14.1. The number of hydrogen-bond donors (Lipinski definition) is 2. The maximum absolute atomic E-state index is 12.1. The van der Waals surface area contributed by atoms with Crippen LogP contribution in [0.3, 0.4) is 0 Å². The number of nitrogens with one attached hydrogen (secondary N) is 1. The molecule has 3 aromatic rings. The number of carbonyl (C=O) groups excluding carboxylic acids is 2. The van der Waals surface area contributed by atoms with E-state index in [1.807, 2.05) is 18.2 Å². The van der Waals surface area contributed by atoms with Crippen LogP contribution in [0.25, 0.3) is 5.69 Å². The van der Waals surface area contributed by atoms with Crippen molar-refractivity contribution in [3.63, 3.8) is 0 Å². The second-order valence-electron chi connectivity index (χ2n) is 5.59. The first kappa shape index (κ1) is 18.9. The largest absolute Gasteiger partial charge is 0.366 e. The third-order valence-corrected chi connectivity index (χ3v) is 4.81. The molecule has 0 bridgehead atoms. The van der Waals surface area contributed by atoms with Gasteiger partial charge in [-0.25, -0.2) is 0 Å². The van der Waals surface area contributed by atoms with Crippen molar-refractivity contribution in [3.8, 4) is 5.69 Å². The number of carbonyl (C=O) groups is 2. The Kier molecular flexibility index (Phi) is 6.10. The average molecular weight is 402 g/mol. The van der Waals surface area contributed by atoms with E-state index in [2.05, 4.69) is 15.5 Å².